The van der Waals surface area contributed by atoms with E-state index in [0.717, 1.165) is 40.2 Å². The van der Waals surface area contributed by atoms with E-state index >= 15 is 0 Å². The van der Waals surface area contributed by atoms with E-state index in [1.54, 1.807) is 22.9 Å². The van der Waals surface area contributed by atoms with Gasteiger partial charge in [0.2, 0.25) is 23.6 Å². The minimum absolute atomic E-state index is 0.133. The first-order chi connectivity index (χ1) is 22.1. The predicted molar refractivity (Wildman–Crippen MR) is 179 cm³/mol. The molecule has 0 spiro atoms. The molecule has 5 atom stereocenters. The Morgan fingerprint density at radius 3 is 2.46 bits per heavy atom. The standard InChI is InChI=1S/C34H48BrN5O6/c1-5-21(3)30-34(45)39-17-11-10-14-29(39)33(44)36-26(13-9-7-8-12-24(41)6-2)31(42)37-27(32(43)38-30)18-22-20-40(46-4)28-16-15-23(35)19-25(22)28/h15-16,19-21,26-27,29-30H,5-14,17-18H2,1-4H3,(H,36,44)(H,37,42)(H,38,43)/t21-,26-,27-,29+,30-/m0/s1. The van der Waals surface area contributed by atoms with E-state index in [4.69, 9.17) is 4.84 Å². The van der Waals surface area contributed by atoms with Crippen molar-refractivity contribution >= 4 is 56.2 Å². The molecule has 0 aliphatic carbocycles. The summed E-state index contributed by atoms with van der Waals surface area (Å²) in [7, 11) is 1.55. The number of rotatable bonds is 12. The van der Waals surface area contributed by atoms with Crippen LogP contribution in [0.15, 0.2) is 28.9 Å². The predicted octanol–water partition coefficient (Wildman–Crippen LogP) is 3.83. The Labute approximate surface area is 279 Å². The van der Waals surface area contributed by atoms with Gasteiger partial charge in [0, 0.05) is 41.9 Å². The molecule has 3 heterocycles. The lowest BCUT2D eigenvalue weighted by atomic mass is 9.93. The molecule has 11 nitrogen and oxygen atoms in total. The van der Waals surface area contributed by atoms with E-state index in [1.165, 1.54) is 0 Å². The Morgan fingerprint density at radius 1 is 1.00 bits per heavy atom. The first kappa shape index (κ1) is 35.4. The van der Waals surface area contributed by atoms with Crippen molar-refractivity contribution in [2.45, 2.75) is 116 Å². The van der Waals surface area contributed by atoms with Crippen LogP contribution < -0.4 is 20.8 Å². The van der Waals surface area contributed by atoms with Gasteiger partial charge in [0.1, 0.15) is 37.1 Å². The summed E-state index contributed by atoms with van der Waals surface area (Å²) in [6.45, 7) is 6.13. The Kier molecular flexibility index (Phi) is 12.7. The average Bonchev–Trinajstić information content (AvgIpc) is 3.40. The van der Waals surface area contributed by atoms with Crippen molar-refractivity contribution in [1.82, 2.24) is 25.6 Å². The molecule has 4 amide bonds. The van der Waals surface area contributed by atoms with Crippen LogP contribution in [0.25, 0.3) is 10.9 Å². The lowest BCUT2D eigenvalue weighted by molar-refractivity contribution is -0.147. The van der Waals surface area contributed by atoms with Gasteiger partial charge in [-0.2, -0.15) is 4.73 Å². The largest absolute Gasteiger partial charge is 0.417 e. The molecule has 12 heteroatoms. The van der Waals surface area contributed by atoms with Gasteiger partial charge in [-0.05, 0) is 61.8 Å². The van der Waals surface area contributed by atoms with E-state index in [1.807, 2.05) is 39.0 Å². The van der Waals surface area contributed by atoms with Gasteiger partial charge in [-0.3, -0.25) is 24.0 Å². The number of unbranched alkanes of at least 4 members (excludes halogenated alkanes) is 2. The van der Waals surface area contributed by atoms with E-state index < -0.39 is 36.0 Å². The second-order valence-corrected chi connectivity index (χ2v) is 13.5. The molecule has 1 aromatic heterocycles. The number of ketones is 1. The molecule has 4 rings (SSSR count). The molecular weight excluding hydrogens is 654 g/mol. The normalized spacial score (nSPS) is 23.5. The van der Waals surface area contributed by atoms with E-state index in [0.29, 0.717) is 51.5 Å². The molecule has 2 aromatic rings. The summed E-state index contributed by atoms with van der Waals surface area (Å²) in [5.74, 6) is -1.54. The van der Waals surface area contributed by atoms with Crippen molar-refractivity contribution < 1.29 is 28.8 Å². The minimum atomic E-state index is -1.03. The SMILES string of the molecule is CCC(=O)CCCCC[C@@H]1NC(=O)[C@H]2CCCCN2C(=O)[C@H]([C@@H](C)CC)NC(=O)[C@H](Cc2cn(OC)c3ccc(Br)cc23)NC1=O. The molecule has 0 saturated carbocycles. The summed E-state index contributed by atoms with van der Waals surface area (Å²) in [6, 6.07) is 2.25. The monoisotopic (exact) mass is 701 g/mol. The number of aromatic nitrogens is 1. The van der Waals surface area contributed by atoms with Crippen LogP contribution >= 0.6 is 15.9 Å². The first-order valence-electron chi connectivity index (χ1n) is 16.6. The average molecular weight is 703 g/mol. The van der Waals surface area contributed by atoms with Gasteiger partial charge in [0.05, 0.1) is 5.52 Å². The van der Waals surface area contributed by atoms with Crippen LogP contribution in [0.2, 0.25) is 0 Å². The molecule has 2 aliphatic rings. The molecule has 1 aromatic carbocycles. The van der Waals surface area contributed by atoms with E-state index in [9.17, 15) is 24.0 Å². The molecule has 0 bridgehead atoms. The zero-order chi connectivity index (χ0) is 33.4. The van der Waals surface area contributed by atoms with Gasteiger partial charge >= 0.3 is 0 Å². The van der Waals surface area contributed by atoms with Crippen molar-refractivity contribution in [1.29, 1.82) is 0 Å². The fourth-order valence-corrected chi connectivity index (χ4v) is 6.76. The number of fused-ring (bicyclic) bond motifs is 2. The number of nitrogens with one attached hydrogen (secondary N) is 3. The van der Waals surface area contributed by atoms with Gasteiger partial charge in [-0.25, -0.2) is 0 Å². The molecule has 3 N–H and O–H groups in total. The van der Waals surface area contributed by atoms with Crippen LogP contribution in [-0.2, 0) is 30.4 Å². The highest BCUT2D eigenvalue weighted by atomic mass is 79.9. The third-order valence-corrected chi connectivity index (χ3v) is 9.90. The highest BCUT2D eigenvalue weighted by molar-refractivity contribution is 9.10. The summed E-state index contributed by atoms with van der Waals surface area (Å²) < 4.78 is 2.46. The molecular formula is C34H48BrN5O6. The van der Waals surface area contributed by atoms with Crippen molar-refractivity contribution in [2.75, 3.05) is 13.7 Å². The number of amides is 4. The molecule has 252 valence electrons. The van der Waals surface area contributed by atoms with Gasteiger partial charge < -0.3 is 25.7 Å². The van der Waals surface area contributed by atoms with Crippen LogP contribution in [0.5, 0.6) is 0 Å². The van der Waals surface area contributed by atoms with Crippen molar-refractivity contribution in [3.63, 3.8) is 0 Å². The van der Waals surface area contributed by atoms with Crippen LogP contribution in [0.4, 0.5) is 0 Å². The van der Waals surface area contributed by atoms with Crippen LogP contribution in [-0.4, -0.2) is 76.9 Å². The highest BCUT2D eigenvalue weighted by Crippen LogP contribution is 2.27. The number of benzene rings is 1. The quantitative estimate of drug-likeness (QED) is 0.288. The molecule has 2 aliphatic heterocycles. The second kappa shape index (κ2) is 16.4. The zero-order valence-electron chi connectivity index (χ0n) is 27.4. The number of Topliss-reactive ketones (excluding diaryl/α,β-unsaturated/α-hetero) is 1. The van der Waals surface area contributed by atoms with Crippen LogP contribution in [0, 0.1) is 5.92 Å². The number of carbonyl (C=O) groups is 5. The number of hydrogen-bond donors (Lipinski definition) is 3. The summed E-state index contributed by atoms with van der Waals surface area (Å²) in [5.41, 5.74) is 1.57. The van der Waals surface area contributed by atoms with Gasteiger partial charge in [0.15, 0.2) is 0 Å². The molecule has 0 radical (unpaired) electrons. The lowest BCUT2D eigenvalue weighted by Crippen LogP contribution is -2.64. The Morgan fingerprint density at radius 2 is 1.74 bits per heavy atom. The smallest absolute Gasteiger partial charge is 0.246 e. The van der Waals surface area contributed by atoms with Crippen LogP contribution in [0.1, 0.15) is 90.5 Å². The van der Waals surface area contributed by atoms with E-state index in [2.05, 4.69) is 31.9 Å². The molecule has 46 heavy (non-hydrogen) atoms. The van der Waals surface area contributed by atoms with Crippen LogP contribution in [0.3, 0.4) is 0 Å². The fourth-order valence-electron chi connectivity index (χ4n) is 6.40. The van der Waals surface area contributed by atoms with Gasteiger partial charge in [-0.1, -0.05) is 56.0 Å². The Bertz CT molecular complexity index is 1430. The third kappa shape index (κ3) is 8.49. The number of carbonyl (C=O) groups excluding carboxylic acids is 5. The van der Waals surface area contributed by atoms with Gasteiger partial charge in [-0.15, -0.1) is 0 Å². The number of halogens is 1. The maximum Gasteiger partial charge on any atom is 0.246 e. The van der Waals surface area contributed by atoms with Crippen molar-refractivity contribution in [2.24, 2.45) is 5.92 Å². The number of hydrogen-bond acceptors (Lipinski definition) is 6. The van der Waals surface area contributed by atoms with Crippen molar-refractivity contribution in [3.8, 4) is 0 Å². The molecule has 2 saturated heterocycles. The summed E-state index contributed by atoms with van der Waals surface area (Å²) in [6.07, 6.45) is 8.00. The highest BCUT2D eigenvalue weighted by Gasteiger charge is 2.41. The fraction of sp³-hybridized carbons (Fsp3) is 0.618. The summed E-state index contributed by atoms with van der Waals surface area (Å²) >= 11 is 3.53. The van der Waals surface area contributed by atoms with Crippen molar-refractivity contribution in [3.05, 3.63) is 34.4 Å². The summed E-state index contributed by atoms with van der Waals surface area (Å²) in [5, 5.41) is 9.72. The first-order valence-corrected chi connectivity index (χ1v) is 17.4. The molecule has 0 unspecified atom stereocenters. The lowest BCUT2D eigenvalue weighted by Gasteiger charge is -2.39. The Balaban J connectivity index is 1.68. The topological polar surface area (TPSA) is 139 Å². The maximum absolute atomic E-state index is 14.1. The van der Waals surface area contributed by atoms with Gasteiger partial charge in [0.25, 0.3) is 0 Å². The molecule has 2 fully saturated rings. The number of nitrogens with zero attached hydrogens (tertiary/aromatic N) is 2. The maximum atomic E-state index is 14.1. The zero-order valence-corrected chi connectivity index (χ0v) is 29.0. The number of piperidine rings is 1. The van der Waals surface area contributed by atoms with E-state index in [-0.39, 0.29) is 29.9 Å². The summed E-state index contributed by atoms with van der Waals surface area (Å²) in [4.78, 5) is 74.7. The Hall–Kier alpha value is -3.41. The minimum Gasteiger partial charge on any atom is -0.417 e. The second-order valence-electron chi connectivity index (χ2n) is 12.6. The third-order valence-electron chi connectivity index (χ3n) is 9.41.